The average molecular weight is 325 g/mol. The van der Waals surface area contributed by atoms with Gasteiger partial charge in [0.2, 0.25) is 0 Å². The molecule has 1 aliphatic heterocycles. The maximum atomic E-state index is 12.5. The number of methoxy groups -OCH3 is 1. The van der Waals surface area contributed by atoms with Crippen molar-refractivity contribution < 1.29 is 9.53 Å². The normalized spacial score (nSPS) is 16.7. The molecule has 7 nitrogen and oxygen atoms in total. The number of amides is 1. The molecule has 1 N–H and O–H groups in total. The van der Waals surface area contributed by atoms with Gasteiger partial charge < -0.3 is 15.0 Å². The van der Waals surface area contributed by atoms with E-state index < -0.39 is 0 Å². The molecule has 1 amide bonds. The molecule has 0 spiro atoms. The molecule has 7 heteroatoms. The molecular weight excluding hydrogens is 306 g/mol. The van der Waals surface area contributed by atoms with Crippen molar-refractivity contribution >= 4 is 5.91 Å². The van der Waals surface area contributed by atoms with E-state index in [0.29, 0.717) is 24.4 Å². The van der Waals surface area contributed by atoms with Crippen LogP contribution in [0, 0.1) is 11.5 Å². The van der Waals surface area contributed by atoms with E-state index in [1.54, 1.807) is 29.0 Å². The molecule has 0 radical (unpaired) electrons. The fourth-order valence-electron chi connectivity index (χ4n) is 2.86. The number of aromatic nitrogens is 2. The summed E-state index contributed by atoms with van der Waals surface area (Å²) < 4.78 is 7.12. The van der Waals surface area contributed by atoms with Crippen LogP contribution in [0.5, 0.6) is 5.75 Å². The van der Waals surface area contributed by atoms with Crippen LogP contribution in [0.4, 0.5) is 0 Å². The number of rotatable bonds is 4. The number of benzene rings is 1. The fourth-order valence-corrected chi connectivity index (χ4v) is 2.86. The van der Waals surface area contributed by atoms with Crippen molar-refractivity contribution in [1.82, 2.24) is 20.0 Å². The van der Waals surface area contributed by atoms with Crippen LogP contribution in [0.2, 0.25) is 0 Å². The Kier molecular flexibility index (Phi) is 4.38. The molecule has 124 valence electrons. The SMILES string of the molecule is COc1cc(-c2cnn(C)c2)ccc1C(=O)N[C@@H]1CCN(C#N)C1. The second kappa shape index (κ2) is 6.62. The van der Waals surface area contributed by atoms with Gasteiger partial charge in [-0.15, -0.1) is 0 Å². The molecule has 3 rings (SSSR count). The second-order valence-electron chi connectivity index (χ2n) is 5.82. The van der Waals surface area contributed by atoms with Crippen molar-refractivity contribution in [3.63, 3.8) is 0 Å². The summed E-state index contributed by atoms with van der Waals surface area (Å²) in [5, 5.41) is 16.0. The highest BCUT2D eigenvalue weighted by atomic mass is 16.5. The van der Waals surface area contributed by atoms with Gasteiger partial charge in [-0.05, 0) is 24.1 Å². The molecule has 1 aliphatic rings. The highest BCUT2D eigenvalue weighted by Crippen LogP contribution is 2.27. The zero-order valence-electron chi connectivity index (χ0n) is 13.7. The maximum Gasteiger partial charge on any atom is 0.255 e. The van der Waals surface area contributed by atoms with E-state index in [1.165, 1.54) is 0 Å². The molecule has 0 unspecified atom stereocenters. The van der Waals surface area contributed by atoms with Crippen molar-refractivity contribution in [3.05, 3.63) is 36.2 Å². The zero-order chi connectivity index (χ0) is 17.1. The summed E-state index contributed by atoms with van der Waals surface area (Å²) >= 11 is 0. The molecule has 2 heterocycles. The monoisotopic (exact) mass is 325 g/mol. The molecule has 24 heavy (non-hydrogen) atoms. The van der Waals surface area contributed by atoms with Gasteiger partial charge in [0.05, 0.1) is 18.9 Å². The predicted octanol–water partition coefficient (Wildman–Crippen LogP) is 1.38. The van der Waals surface area contributed by atoms with E-state index >= 15 is 0 Å². The third-order valence-electron chi connectivity index (χ3n) is 4.15. The van der Waals surface area contributed by atoms with Gasteiger partial charge in [0.1, 0.15) is 5.75 Å². The number of ether oxygens (including phenoxy) is 1. The van der Waals surface area contributed by atoms with Crippen LogP contribution in [0.15, 0.2) is 30.6 Å². The number of nitriles is 1. The van der Waals surface area contributed by atoms with Gasteiger partial charge in [0.25, 0.3) is 5.91 Å². The summed E-state index contributed by atoms with van der Waals surface area (Å²) in [6, 6.07) is 5.46. The number of carbonyl (C=O) groups is 1. The maximum absolute atomic E-state index is 12.5. The Labute approximate surface area is 140 Å². The Morgan fingerprint density at radius 3 is 2.92 bits per heavy atom. The number of hydrogen-bond acceptors (Lipinski definition) is 5. The molecule has 1 fully saturated rings. The standard InChI is InChI=1S/C17H19N5O2/c1-21-9-13(8-19-21)12-3-4-15(16(7-12)24-2)17(23)20-14-5-6-22(10-14)11-18/h3-4,7-9,14H,5-6,10H2,1-2H3,(H,20,23)/t14-/m1/s1. The Balaban J connectivity index is 1.78. The lowest BCUT2D eigenvalue weighted by Crippen LogP contribution is -2.36. The first-order valence-corrected chi connectivity index (χ1v) is 7.73. The van der Waals surface area contributed by atoms with Crippen molar-refractivity contribution in [2.45, 2.75) is 12.5 Å². The third-order valence-corrected chi connectivity index (χ3v) is 4.15. The summed E-state index contributed by atoms with van der Waals surface area (Å²) in [5.74, 6) is 0.332. The Morgan fingerprint density at radius 2 is 2.29 bits per heavy atom. The molecule has 1 aromatic carbocycles. The van der Waals surface area contributed by atoms with Gasteiger partial charge >= 0.3 is 0 Å². The van der Waals surface area contributed by atoms with Crippen LogP contribution < -0.4 is 10.1 Å². The van der Waals surface area contributed by atoms with Crippen LogP contribution >= 0.6 is 0 Å². The molecule has 0 aliphatic carbocycles. The van der Waals surface area contributed by atoms with Crippen molar-refractivity contribution in [2.24, 2.45) is 7.05 Å². The van der Waals surface area contributed by atoms with Crippen LogP contribution in [0.3, 0.4) is 0 Å². The number of likely N-dealkylation sites (tertiary alicyclic amines) is 1. The van der Waals surface area contributed by atoms with Gasteiger partial charge in [0, 0.05) is 37.9 Å². The van der Waals surface area contributed by atoms with Crippen LogP contribution in [0.1, 0.15) is 16.8 Å². The first-order valence-electron chi connectivity index (χ1n) is 7.73. The predicted molar refractivity (Wildman–Crippen MR) is 88.3 cm³/mol. The van der Waals surface area contributed by atoms with Gasteiger partial charge in [0.15, 0.2) is 6.19 Å². The number of aryl methyl sites for hydroxylation is 1. The Morgan fingerprint density at radius 1 is 1.46 bits per heavy atom. The fraction of sp³-hybridized carbons (Fsp3) is 0.353. The first-order chi connectivity index (χ1) is 11.6. The minimum absolute atomic E-state index is 0.0140. The van der Waals surface area contributed by atoms with E-state index in [1.807, 2.05) is 25.4 Å². The topological polar surface area (TPSA) is 83.2 Å². The summed E-state index contributed by atoms with van der Waals surface area (Å²) in [5.41, 5.74) is 2.39. The minimum atomic E-state index is -0.186. The number of hydrogen-bond donors (Lipinski definition) is 1. The van der Waals surface area contributed by atoms with Gasteiger partial charge in [-0.3, -0.25) is 9.48 Å². The molecule has 0 saturated carbocycles. The Hall–Kier alpha value is -3.01. The van der Waals surface area contributed by atoms with E-state index in [0.717, 1.165) is 17.5 Å². The van der Waals surface area contributed by atoms with Crippen molar-refractivity contribution in [2.75, 3.05) is 20.2 Å². The molecule has 1 atom stereocenters. The lowest BCUT2D eigenvalue weighted by molar-refractivity contribution is 0.0936. The van der Waals surface area contributed by atoms with Gasteiger partial charge in [-0.25, -0.2) is 0 Å². The zero-order valence-corrected chi connectivity index (χ0v) is 13.7. The second-order valence-corrected chi connectivity index (χ2v) is 5.82. The molecular formula is C17H19N5O2. The van der Waals surface area contributed by atoms with E-state index in [-0.39, 0.29) is 11.9 Å². The summed E-state index contributed by atoms with van der Waals surface area (Å²) in [6.07, 6.45) is 6.55. The van der Waals surface area contributed by atoms with Crippen LogP contribution in [0.25, 0.3) is 11.1 Å². The smallest absolute Gasteiger partial charge is 0.255 e. The largest absolute Gasteiger partial charge is 0.496 e. The number of nitrogens with one attached hydrogen (secondary N) is 1. The molecule has 0 bridgehead atoms. The average Bonchev–Trinajstić information content (AvgIpc) is 3.23. The van der Waals surface area contributed by atoms with Gasteiger partial charge in [-0.1, -0.05) is 6.07 Å². The number of carbonyl (C=O) groups excluding carboxylic acids is 1. The van der Waals surface area contributed by atoms with E-state index in [4.69, 9.17) is 10.00 Å². The summed E-state index contributed by atoms with van der Waals surface area (Å²) in [7, 11) is 3.40. The van der Waals surface area contributed by atoms with Crippen molar-refractivity contribution in [1.29, 1.82) is 5.26 Å². The van der Waals surface area contributed by atoms with E-state index in [2.05, 4.69) is 16.6 Å². The molecule has 2 aromatic rings. The first kappa shape index (κ1) is 15.9. The van der Waals surface area contributed by atoms with Crippen LogP contribution in [-0.4, -0.2) is 46.8 Å². The summed E-state index contributed by atoms with van der Waals surface area (Å²) in [4.78, 5) is 14.2. The molecule has 1 aromatic heterocycles. The van der Waals surface area contributed by atoms with E-state index in [9.17, 15) is 4.79 Å². The van der Waals surface area contributed by atoms with Gasteiger partial charge in [-0.2, -0.15) is 10.4 Å². The Bertz CT molecular complexity index is 793. The lowest BCUT2D eigenvalue weighted by atomic mass is 10.1. The highest BCUT2D eigenvalue weighted by Gasteiger charge is 2.24. The van der Waals surface area contributed by atoms with Crippen molar-refractivity contribution in [3.8, 4) is 23.1 Å². The third kappa shape index (κ3) is 3.18. The highest BCUT2D eigenvalue weighted by molar-refractivity contribution is 5.97. The summed E-state index contributed by atoms with van der Waals surface area (Å²) in [6.45, 7) is 1.23. The minimum Gasteiger partial charge on any atom is -0.496 e. The number of nitrogens with zero attached hydrogens (tertiary/aromatic N) is 4. The molecule has 1 saturated heterocycles. The van der Waals surface area contributed by atoms with Crippen LogP contribution in [-0.2, 0) is 7.05 Å². The quantitative estimate of drug-likeness (QED) is 0.859. The lowest BCUT2D eigenvalue weighted by Gasteiger charge is -2.14.